The van der Waals surface area contributed by atoms with Gasteiger partial charge < -0.3 is 10.2 Å². The first-order valence-corrected chi connectivity index (χ1v) is 13.9. The molecule has 33 heavy (non-hydrogen) atoms. The number of aliphatic hydroxyl groups excluding tert-OH is 2. The topological polar surface area (TPSA) is 57.5 Å². The number of ketones is 1. The van der Waals surface area contributed by atoms with E-state index in [4.69, 9.17) is 0 Å². The lowest BCUT2D eigenvalue weighted by atomic mass is 9.42. The third kappa shape index (κ3) is 2.97. The van der Waals surface area contributed by atoms with Gasteiger partial charge in [-0.05, 0) is 116 Å². The molecule has 3 nitrogen and oxygen atoms in total. The number of hydrogen-bond acceptors (Lipinski definition) is 3. The summed E-state index contributed by atoms with van der Waals surface area (Å²) >= 11 is 0. The van der Waals surface area contributed by atoms with Gasteiger partial charge in [0.05, 0.1) is 12.7 Å². The molecular weight excluding hydrogens is 408 g/mol. The molecule has 0 amide bonds. The van der Waals surface area contributed by atoms with Gasteiger partial charge >= 0.3 is 0 Å². The highest BCUT2D eigenvalue weighted by atomic mass is 16.3. The van der Waals surface area contributed by atoms with Crippen LogP contribution in [0.15, 0.2) is 11.6 Å². The molecule has 2 N–H and O–H groups in total. The summed E-state index contributed by atoms with van der Waals surface area (Å²) in [7, 11) is 0. The third-order valence-electron chi connectivity index (χ3n) is 12.9. The molecule has 0 aromatic heterocycles. The standard InChI is InChI=1S/C30H48O3/c1-19(17-31)15-21(32)16-20(2)22-9-11-28(6)24-8-7-23-26(3,4)25(33)10-12-29(23)18-30(24,29)14-13-27(22,28)5/h15,20-24,31-32H,7-14,16-18H2,1-6H3. The Morgan fingerprint density at radius 3 is 2.36 bits per heavy atom. The summed E-state index contributed by atoms with van der Waals surface area (Å²) in [6, 6.07) is 0. The molecule has 186 valence electrons. The second-order valence-corrected chi connectivity index (χ2v) is 14.2. The lowest BCUT2D eigenvalue weighted by molar-refractivity contribution is -0.157. The molecule has 5 rings (SSSR count). The van der Waals surface area contributed by atoms with E-state index < -0.39 is 6.10 Å². The van der Waals surface area contributed by atoms with Crippen LogP contribution in [0, 0.1) is 50.7 Å². The smallest absolute Gasteiger partial charge is 0.138 e. The molecule has 5 aliphatic carbocycles. The van der Waals surface area contributed by atoms with E-state index >= 15 is 0 Å². The van der Waals surface area contributed by atoms with Crippen molar-refractivity contribution in [1.82, 2.24) is 0 Å². The number of hydrogen-bond donors (Lipinski definition) is 2. The van der Waals surface area contributed by atoms with Crippen molar-refractivity contribution in [3.05, 3.63) is 11.6 Å². The first-order chi connectivity index (χ1) is 15.4. The molecule has 9 atom stereocenters. The molecule has 0 heterocycles. The van der Waals surface area contributed by atoms with Gasteiger partial charge in [-0.2, -0.15) is 0 Å². The van der Waals surface area contributed by atoms with Crippen molar-refractivity contribution in [1.29, 1.82) is 0 Å². The number of Topliss-reactive ketones (excluding diaryl/α,β-unsaturated/α-hetero) is 1. The van der Waals surface area contributed by atoms with E-state index in [-0.39, 0.29) is 12.0 Å². The van der Waals surface area contributed by atoms with Crippen molar-refractivity contribution in [3.63, 3.8) is 0 Å². The van der Waals surface area contributed by atoms with Crippen molar-refractivity contribution in [2.45, 2.75) is 112 Å². The SMILES string of the molecule is CC(=CC(O)CC(C)C1CCC2(C)C3CCC4C(C)(C)C(=O)CCC45CC35CCC12C)CO. The molecule has 0 aliphatic heterocycles. The predicted octanol–water partition coefficient (Wildman–Crippen LogP) is 6.32. The van der Waals surface area contributed by atoms with Gasteiger partial charge in [-0.25, -0.2) is 0 Å². The Morgan fingerprint density at radius 2 is 1.67 bits per heavy atom. The van der Waals surface area contributed by atoms with Gasteiger partial charge in [0, 0.05) is 11.8 Å². The summed E-state index contributed by atoms with van der Waals surface area (Å²) in [6.07, 6.45) is 13.4. The Bertz CT molecular complexity index is 859. The van der Waals surface area contributed by atoms with E-state index in [9.17, 15) is 15.0 Å². The van der Waals surface area contributed by atoms with E-state index in [0.717, 1.165) is 30.8 Å². The van der Waals surface area contributed by atoms with Crippen LogP contribution in [0.3, 0.4) is 0 Å². The fourth-order valence-corrected chi connectivity index (χ4v) is 11.1. The van der Waals surface area contributed by atoms with Gasteiger partial charge in [0.15, 0.2) is 0 Å². The molecule has 5 saturated carbocycles. The average Bonchev–Trinajstić information content (AvgIpc) is 3.33. The summed E-state index contributed by atoms with van der Waals surface area (Å²) in [5.41, 5.74) is 2.41. The molecule has 3 heteroatoms. The van der Waals surface area contributed by atoms with Crippen molar-refractivity contribution in [3.8, 4) is 0 Å². The Labute approximate surface area is 201 Å². The van der Waals surface area contributed by atoms with E-state index in [1.165, 1.54) is 44.9 Å². The quantitative estimate of drug-likeness (QED) is 0.476. The van der Waals surface area contributed by atoms with Crippen LogP contribution in [0.5, 0.6) is 0 Å². The summed E-state index contributed by atoms with van der Waals surface area (Å²) < 4.78 is 0. The second kappa shape index (κ2) is 7.42. The number of aliphatic hydroxyl groups is 2. The van der Waals surface area contributed by atoms with Crippen LogP contribution in [-0.2, 0) is 4.79 Å². The Kier molecular flexibility index (Phi) is 5.40. The Hall–Kier alpha value is -0.670. The molecule has 9 unspecified atom stereocenters. The van der Waals surface area contributed by atoms with Crippen LogP contribution in [-0.4, -0.2) is 28.7 Å². The van der Waals surface area contributed by atoms with Crippen LogP contribution in [0.2, 0.25) is 0 Å². The zero-order valence-electron chi connectivity index (χ0n) is 22.0. The van der Waals surface area contributed by atoms with Crippen molar-refractivity contribution in [2.75, 3.05) is 6.61 Å². The van der Waals surface area contributed by atoms with Crippen molar-refractivity contribution < 1.29 is 15.0 Å². The monoisotopic (exact) mass is 456 g/mol. The van der Waals surface area contributed by atoms with Gasteiger partial charge in [-0.3, -0.25) is 4.79 Å². The maximum absolute atomic E-state index is 12.8. The van der Waals surface area contributed by atoms with Crippen molar-refractivity contribution in [2.24, 2.45) is 50.7 Å². The fraction of sp³-hybridized carbons (Fsp3) is 0.900. The molecule has 0 radical (unpaired) electrons. The van der Waals surface area contributed by atoms with E-state index in [0.29, 0.717) is 45.2 Å². The molecule has 0 aromatic rings. The predicted molar refractivity (Wildman–Crippen MR) is 133 cm³/mol. The number of rotatable bonds is 5. The molecule has 5 aliphatic rings. The zero-order chi connectivity index (χ0) is 24.0. The molecule has 5 fully saturated rings. The molecule has 2 spiro atoms. The van der Waals surface area contributed by atoms with Crippen LogP contribution in [0.25, 0.3) is 0 Å². The van der Waals surface area contributed by atoms with Crippen LogP contribution in [0.4, 0.5) is 0 Å². The average molecular weight is 457 g/mol. The number of carbonyl (C=O) groups excluding carboxylic acids is 1. The summed E-state index contributed by atoms with van der Waals surface area (Å²) in [4.78, 5) is 12.8. The maximum Gasteiger partial charge on any atom is 0.138 e. The minimum atomic E-state index is -0.457. The molecule has 0 bridgehead atoms. The van der Waals surface area contributed by atoms with E-state index in [1.807, 2.05) is 13.0 Å². The van der Waals surface area contributed by atoms with E-state index in [1.54, 1.807) is 0 Å². The summed E-state index contributed by atoms with van der Waals surface area (Å²) in [5.74, 6) is 3.07. The largest absolute Gasteiger partial charge is 0.392 e. The summed E-state index contributed by atoms with van der Waals surface area (Å²) in [6.45, 7) is 14.0. The van der Waals surface area contributed by atoms with Crippen LogP contribution in [0.1, 0.15) is 106 Å². The fourth-order valence-electron chi connectivity index (χ4n) is 11.1. The normalized spacial score (nSPS) is 50.0. The number of carbonyl (C=O) groups is 1. The highest BCUT2D eigenvalue weighted by molar-refractivity contribution is 5.86. The zero-order valence-corrected chi connectivity index (χ0v) is 22.0. The molecule has 0 saturated heterocycles. The van der Waals surface area contributed by atoms with Gasteiger partial charge in [0.1, 0.15) is 5.78 Å². The van der Waals surface area contributed by atoms with Gasteiger partial charge in [0.25, 0.3) is 0 Å². The Morgan fingerprint density at radius 1 is 1.00 bits per heavy atom. The summed E-state index contributed by atoms with van der Waals surface area (Å²) in [5, 5.41) is 20.0. The van der Waals surface area contributed by atoms with Crippen molar-refractivity contribution >= 4 is 5.78 Å². The minimum Gasteiger partial charge on any atom is -0.392 e. The second-order valence-electron chi connectivity index (χ2n) is 14.2. The highest BCUT2D eigenvalue weighted by Gasteiger charge is 2.82. The van der Waals surface area contributed by atoms with Crippen LogP contribution < -0.4 is 0 Å². The lowest BCUT2D eigenvalue weighted by Gasteiger charge is -2.62. The first kappa shape index (κ1) is 24.0. The number of fused-ring (bicyclic) bond motifs is 2. The minimum absolute atomic E-state index is 0.0273. The van der Waals surface area contributed by atoms with Gasteiger partial charge in [0.2, 0.25) is 0 Å². The highest BCUT2D eigenvalue weighted by Crippen LogP contribution is 2.88. The molecular formula is C30H48O3. The van der Waals surface area contributed by atoms with Gasteiger partial charge in [-0.1, -0.05) is 40.7 Å². The first-order valence-electron chi connectivity index (χ1n) is 13.9. The maximum atomic E-state index is 12.8. The Balaban J connectivity index is 1.39. The molecule has 0 aromatic carbocycles. The van der Waals surface area contributed by atoms with Gasteiger partial charge in [-0.15, -0.1) is 0 Å². The van der Waals surface area contributed by atoms with Crippen LogP contribution >= 0.6 is 0 Å². The van der Waals surface area contributed by atoms with E-state index in [2.05, 4.69) is 34.6 Å². The third-order valence-corrected chi connectivity index (χ3v) is 12.9. The lowest BCUT2D eigenvalue weighted by Crippen LogP contribution is -2.57.